The summed E-state index contributed by atoms with van der Waals surface area (Å²) in [5, 5.41) is 0. The molecule has 0 fully saturated rings. The Labute approximate surface area is 236 Å². The Hall–Kier alpha value is 0.650. The summed E-state index contributed by atoms with van der Waals surface area (Å²) in [5.74, 6) is 0. The molecule has 0 aliphatic carbocycles. The van der Waals surface area contributed by atoms with Crippen LogP contribution in [0.4, 0.5) is 0 Å². The number of hydrogen-bond acceptors (Lipinski definition) is 2. The lowest BCUT2D eigenvalue weighted by Gasteiger charge is -2.17. The van der Waals surface area contributed by atoms with E-state index in [1.807, 2.05) is 0 Å². The molecule has 0 rings (SSSR count). The maximum absolute atomic E-state index is 6.16. The van der Waals surface area contributed by atoms with Crippen LogP contribution in [0.3, 0.4) is 0 Å². The highest BCUT2D eigenvalue weighted by Gasteiger charge is 2.08. The Morgan fingerprint density at radius 3 is 1.17 bits per heavy atom. The van der Waals surface area contributed by atoms with Gasteiger partial charge in [0.15, 0.2) is 0 Å². The van der Waals surface area contributed by atoms with Crippen LogP contribution in [-0.2, 0) is 9.47 Å². The zero-order valence-corrected chi connectivity index (χ0v) is 26.4. The van der Waals surface area contributed by atoms with Gasteiger partial charge in [0.2, 0.25) is 0 Å². The average molecular weight is 609 g/mol. The van der Waals surface area contributed by atoms with Crippen LogP contribution in [0.25, 0.3) is 0 Å². The second kappa shape index (κ2) is 32.7. The Kier molecular flexibility index (Phi) is 33.3. The van der Waals surface area contributed by atoms with Gasteiger partial charge in [0, 0.05) is 17.6 Å². The highest BCUT2D eigenvalue weighted by atomic mass is 127. The number of unbranched alkanes of at least 4 members (excludes halogenated alkanes) is 22. The van der Waals surface area contributed by atoms with Gasteiger partial charge in [0.25, 0.3) is 0 Å². The van der Waals surface area contributed by atoms with Crippen molar-refractivity contribution in [2.24, 2.45) is 0 Å². The second-order valence-corrected chi connectivity index (χ2v) is 11.9. The highest BCUT2D eigenvalue weighted by Crippen LogP contribution is 2.14. The summed E-state index contributed by atoms with van der Waals surface area (Å²) in [6.07, 6.45) is 35.0. The molecule has 0 aliphatic heterocycles. The van der Waals surface area contributed by atoms with Gasteiger partial charge in [-0.15, -0.1) is 0 Å². The summed E-state index contributed by atoms with van der Waals surface area (Å²) in [6.45, 7) is 7.21. The summed E-state index contributed by atoms with van der Waals surface area (Å²) < 4.78 is 13.3. The van der Waals surface area contributed by atoms with E-state index in [0.29, 0.717) is 6.10 Å². The third-order valence-electron chi connectivity index (χ3n) is 7.23. The van der Waals surface area contributed by atoms with Gasteiger partial charge in [-0.2, -0.15) is 0 Å². The molecule has 1 unspecified atom stereocenters. The maximum atomic E-state index is 6.16. The van der Waals surface area contributed by atoms with Gasteiger partial charge in [-0.1, -0.05) is 178 Å². The molecule has 0 aromatic heterocycles. The summed E-state index contributed by atoms with van der Waals surface area (Å²) >= 11 is 2.47. The molecule has 1 atom stereocenters. The van der Waals surface area contributed by atoms with Gasteiger partial charge in [0.1, 0.15) is 0 Å². The number of rotatable bonds is 31. The lowest BCUT2D eigenvalue weighted by Crippen LogP contribution is -2.21. The molecule has 0 aromatic rings. The average Bonchev–Trinajstić information content (AvgIpc) is 2.87. The van der Waals surface area contributed by atoms with Gasteiger partial charge in [0.05, 0.1) is 12.7 Å². The number of alkyl halides is 1. The molecule has 0 spiro atoms. The van der Waals surface area contributed by atoms with E-state index in [1.54, 1.807) is 0 Å². The van der Waals surface area contributed by atoms with Crippen LogP contribution in [-0.4, -0.2) is 30.4 Å². The molecule has 0 saturated heterocycles. The number of ether oxygens (including phenoxy) is 2. The van der Waals surface area contributed by atoms with Crippen molar-refractivity contribution >= 4 is 22.6 Å². The van der Waals surface area contributed by atoms with Crippen LogP contribution in [0, 0.1) is 0 Å². The zero-order chi connectivity index (χ0) is 25.5. The monoisotopic (exact) mass is 608 g/mol. The van der Waals surface area contributed by atoms with Crippen molar-refractivity contribution in [3.05, 3.63) is 0 Å². The predicted octanol–water partition coefficient (Wildman–Crippen LogP) is 11.6. The van der Waals surface area contributed by atoms with Crippen LogP contribution in [0.2, 0.25) is 0 Å². The van der Waals surface area contributed by atoms with E-state index in [-0.39, 0.29) is 0 Å². The zero-order valence-electron chi connectivity index (χ0n) is 24.3. The molecular formula is C32H65IO2. The van der Waals surface area contributed by atoms with Gasteiger partial charge < -0.3 is 9.47 Å². The summed E-state index contributed by atoms with van der Waals surface area (Å²) in [7, 11) is 0. The lowest BCUT2D eigenvalue weighted by atomic mass is 10.1. The van der Waals surface area contributed by atoms with Crippen LogP contribution < -0.4 is 0 Å². The van der Waals surface area contributed by atoms with Gasteiger partial charge in [-0.05, 0) is 19.3 Å². The molecule has 0 N–H and O–H groups in total. The fourth-order valence-electron chi connectivity index (χ4n) is 4.79. The minimum absolute atomic E-state index is 0.303. The van der Waals surface area contributed by atoms with Crippen molar-refractivity contribution in [2.45, 2.75) is 180 Å². The third kappa shape index (κ3) is 30.8. The van der Waals surface area contributed by atoms with Gasteiger partial charge in [-0.3, -0.25) is 0 Å². The quantitative estimate of drug-likeness (QED) is 0.0443. The number of hydrogen-bond donors (Lipinski definition) is 0. The minimum Gasteiger partial charge on any atom is -0.379 e. The predicted molar refractivity (Wildman–Crippen MR) is 166 cm³/mol. The van der Waals surface area contributed by atoms with Crippen molar-refractivity contribution < 1.29 is 9.47 Å². The standard InChI is InChI=1S/C32H65IO2/c1-3-5-7-9-11-13-15-17-19-21-23-25-29-34-31-32(27-28-33)35-30-26-24-22-20-18-16-14-12-10-8-6-4-2/h32H,3-31H2,1-2H3. The van der Waals surface area contributed by atoms with E-state index in [0.717, 1.165) is 30.7 Å². The lowest BCUT2D eigenvalue weighted by molar-refractivity contribution is -0.0191. The summed E-state index contributed by atoms with van der Waals surface area (Å²) in [5.41, 5.74) is 0. The fourth-order valence-corrected chi connectivity index (χ4v) is 5.48. The van der Waals surface area contributed by atoms with Crippen molar-refractivity contribution in [1.82, 2.24) is 0 Å². The van der Waals surface area contributed by atoms with Gasteiger partial charge >= 0.3 is 0 Å². The largest absolute Gasteiger partial charge is 0.379 e. The Balaban J connectivity index is 3.37. The molecule has 0 aliphatic rings. The first-order chi connectivity index (χ1) is 17.3. The molecule has 35 heavy (non-hydrogen) atoms. The molecule has 0 radical (unpaired) electrons. The van der Waals surface area contributed by atoms with E-state index in [4.69, 9.17) is 9.47 Å². The molecule has 0 aromatic carbocycles. The molecular weight excluding hydrogens is 543 g/mol. The van der Waals surface area contributed by atoms with Crippen LogP contribution in [0.15, 0.2) is 0 Å². The smallest absolute Gasteiger partial charge is 0.0815 e. The van der Waals surface area contributed by atoms with Crippen molar-refractivity contribution in [1.29, 1.82) is 0 Å². The molecule has 2 nitrogen and oxygen atoms in total. The van der Waals surface area contributed by atoms with Crippen molar-refractivity contribution in [3.8, 4) is 0 Å². The van der Waals surface area contributed by atoms with E-state index >= 15 is 0 Å². The molecule has 0 heterocycles. The SMILES string of the molecule is CCCCCCCCCCCCCCOCC(CCI)OCCCCCCCCCCCCCC. The second-order valence-electron chi connectivity index (χ2n) is 10.8. The van der Waals surface area contributed by atoms with E-state index < -0.39 is 0 Å². The molecule has 0 amide bonds. The summed E-state index contributed by atoms with van der Waals surface area (Å²) in [4.78, 5) is 0. The molecule has 0 bridgehead atoms. The Morgan fingerprint density at radius 2 is 0.800 bits per heavy atom. The first-order valence-corrected chi connectivity index (χ1v) is 17.6. The first-order valence-electron chi connectivity index (χ1n) is 16.1. The highest BCUT2D eigenvalue weighted by molar-refractivity contribution is 14.1. The maximum Gasteiger partial charge on any atom is 0.0815 e. The van der Waals surface area contributed by atoms with Gasteiger partial charge in [-0.25, -0.2) is 0 Å². The van der Waals surface area contributed by atoms with E-state index in [9.17, 15) is 0 Å². The normalized spacial score (nSPS) is 12.4. The third-order valence-corrected chi connectivity index (χ3v) is 7.85. The van der Waals surface area contributed by atoms with Crippen LogP contribution >= 0.6 is 22.6 Å². The van der Waals surface area contributed by atoms with Crippen molar-refractivity contribution in [3.63, 3.8) is 0 Å². The fraction of sp³-hybridized carbons (Fsp3) is 1.00. The Morgan fingerprint density at radius 1 is 0.457 bits per heavy atom. The summed E-state index contributed by atoms with van der Waals surface area (Å²) in [6, 6.07) is 0. The minimum atomic E-state index is 0.303. The van der Waals surface area contributed by atoms with Crippen molar-refractivity contribution in [2.75, 3.05) is 24.2 Å². The topological polar surface area (TPSA) is 18.5 Å². The number of halogens is 1. The molecule has 212 valence electrons. The first kappa shape index (κ1) is 35.6. The van der Waals surface area contributed by atoms with E-state index in [2.05, 4.69) is 36.4 Å². The molecule has 3 heteroatoms. The molecule has 0 saturated carbocycles. The van der Waals surface area contributed by atoms with Crippen LogP contribution in [0.5, 0.6) is 0 Å². The van der Waals surface area contributed by atoms with Crippen LogP contribution in [0.1, 0.15) is 174 Å². The van der Waals surface area contributed by atoms with E-state index in [1.165, 1.54) is 154 Å². The Bertz CT molecular complexity index is 363.